The van der Waals surface area contributed by atoms with Gasteiger partial charge in [-0.05, 0) is 19.9 Å². The molecule has 4 nitrogen and oxygen atoms in total. The second kappa shape index (κ2) is 4.10. The molecule has 0 aromatic heterocycles. The van der Waals surface area contributed by atoms with Crippen molar-refractivity contribution in [3.05, 3.63) is 0 Å². The van der Waals surface area contributed by atoms with Gasteiger partial charge in [0.05, 0.1) is 0 Å². The van der Waals surface area contributed by atoms with E-state index in [0.29, 0.717) is 18.0 Å². The topological polar surface area (TPSA) is 35.6 Å². The molecule has 2 unspecified atom stereocenters. The summed E-state index contributed by atoms with van der Waals surface area (Å²) in [5, 5.41) is 3.59. The van der Waals surface area contributed by atoms with Crippen molar-refractivity contribution < 1.29 is 4.79 Å². The summed E-state index contributed by atoms with van der Waals surface area (Å²) in [5.74, 6) is 0.543. The molecule has 1 N–H and O–H groups in total. The van der Waals surface area contributed by atoms with Gasteiger partial charge in [0.1, 0.15) is 0 Å². The molecule has 2 aliphatic rings. The van der Waals surface area contributed by atoms with Crippen molar-refractivity contribution >= 4 is 5.91 Å². The molecule has 0 aromatic rings. The lowest BCUT2D eigenvalue weighted by Crippen LogP contribution is -2.60. The number of nitrogens with zero attached hydrogens (tertiary/aromatic N) is 2. The van der Waals surface area contributed by atoms with Crippen LogP contribution in [0.15, 0.2) is 0 Å². The van der Waals surface area contributed by atoms with Crippen LogP contribution in [0.25, 0.3) is 0 Å². The normalized spacial score (nSPS) is 36.3. The molecule has 0 spiro atoms. The van der Waals surface area contributed by atoms with Crippen LogP contribution in [0.4, 0.5) is 0 Å². The summed E-state index contributed by atoms with van der Waals surface area (Å²) in [6.07, 6.45) is 2.00. The first-order valence-corrected chi connectivity index (χ1v) is 5.72. The fourth-order valence-electron chi connectivity index (χ4n) is 2.90. The molecule has 4 heteroatoms. The Morgan fingerprint density at radius 2 is 1.80 bits per heavy atom. The number of likely N-dealkylation sites (tertiary alicyclic amines) is 1. The summed E-state index contributed by atoms with van der Waals surface area (Å²) in [7, 11) is 5.87. The van der Waals surface area contributed by atoms with Gasteiger partial charge in [-0.1, -0.05) is 0 Å². The maximum absolute atomic E-state index is 11.9. The predicted molar refractivity (Wildman–Crippen MR) is 59.6 cm³/mol. The van der Waals surface area contributed by atoms with E-state index in [1.807, 2.05) is 14.1 Å². The van der Waals surface area contributed by atoms with E-state index in [9.17, 15) is 4.79 Å². The number of carbonyl (C=O) groups excluding carboxylic acids is 1. The maximum Gasteiger partial charge on any atom is 0.225 e. The number of likely N-dealkylation sites (N-methyl/N-ethyl adjacent to an activating group) is 1. The van der Waals surface area contributed by atoms with E-state index >= 15 is 0 Å². The third-order valence-electron chi connectivity index (χ3n) is 3.46. The summed E-state index contributed by atoms with van der Waals surface area (Å²) in [5.41, 5.74) is 0. The number of hydrogen-bond acceptors (Lipinski definition) is 3. The Kier molecular flexibility index (Phi) is 2.98. The molecular weight excluding hydrogens is 190 g/mol. The fraction of sp³-hybridized carbons (Fsp3) is 0.909. The number of piperidine rings is 1. The summed E-state index contributed by atoms with van der Waals surface area (Å²) >= 11 is 0. The standard InChI is InChI=1S/C11H21N3O/c1-13(2)11(15)8-4-9-6-14(3)7-10(5-8)12-9/h8-10,12H,4-7H2,1-3H3. The number of rotatable bonds is 1. The van der Waals surface area contributed by atoms with Crippen LogP contribution in [0.2, 0.25) is 0 Å². The zero-order chi connectivity index (χ0) is 11.0. The Labute approximate surface area is 91.6 Å². The van der Waals surface area contributed by atoms with Crippen LogP contribution in [-0.2, 0) is 4.79 Å². The average molecular weight is 211 g/mol. The summed E-state index contributed by atoms with van der Waals surface area (Å²) in [6.45, 7) is 2.15. The number of hydrogen-bond donors (Lipinski definition) is 1. The minimum absolute atomic E-state index is 0.241. The largest absolute Gasteiger partial charge is 0.349 e. The van der Waals surface area contributed by atoms with Crippen LogP contribution < -0.4 is 5.32 Å². The molecule has 2 fully saturated rings. The molecule has 2 saturated heterocycles. The lowest BCUT2D eigenvalue weighted by atomic mass is 9.84. The first kappa shape index (κ1) is 10.9. The Hall–Kier alpha value is -0.610. The minimum Gasteiger partial charge on any atom is -0.349 e. The summed E-state index contributed by atoms with van der Waals surface area (Å²) in [6, 6.07) is 1.02. The Balaban J connectivity index is 1.99. The van der Waals surface area contributed by atoms with Gasteiger partial charge in [-0.2, -0.15) is 0 Å². The molecule has 0 saturated carbocycles. The second-order valence-electron chi connectivity index (χ2n) is 5.18. The summed E-state index contributed by atoms with van der Waals surface area (Å²) < 4.78 is 0. The van der Waals surface area contributed by atoms with Crippen molar-refractivity contribution in [3.63, 3.8) is 0 Å². The highest BCUT2D eigenvalue weighted by molar-refractivity contribution is 5.78. The number of fused-ring (bicyclic) bond motifs is 2. The van der Waals surface area contributed by atoms with Crippen LogP contribution in [0.1, 0.15) is 12.8 Å². The predicted octanol–water partition coefficient (Wildman–Crippen LogP) is -0.243. The van der Waals surface area contributed by atoms with Crippen molar-refractivity contribution in [3.8, 4) is 0 Å². The van der Waals surface area contributed by atoms with E-state index in [2.05, 4.69) is 17.3 Å². The fourth-order valence-corrected chi connectivity index (χ4v) is 2.90. The molecule has 2 atom stereocenters. The van der Waals surface area contributed by atoms with Gasteiger partial charge in [-0.15, -0.1) is 0 Å². The molecule has 86 valence electrons. The lowest BCUT2D eigenvalue weighted by molar-refractivity contribution is -0.135. The lowest BCUT2D eigenvalue weighted by Gasteiger charge is -2.44. The van der Waals surface area contributed by atoms with Crippen LogP contribution in [0, 0.1) is 5.92 Å². The second-order valence-corrected chi connectivity index (χ2v) is 5.18. The summed E-state index contributed by atoms with van der Waals surface area (Å²) in [4.78, 5) is 16.0. The zero-order valence-electron chi connectivity index (χ0n) is 9.86. The third kappa shape index (κ3) is 2.32. The van der Waals surface area contributed by atoms with Crippen molar-refractivity contribution in [2.45, 2.75) is 24.9 Å². The molecule has 1 amide bonds. The van der Waals surface area contributed by atoms with E-state index in [1.165, 1.54) is 0 Å². The quantitative estimate of drug-likeness (QED) is 0.650. The van der Waals surface area contributed by atoms with Gasteiger partial charge in [0.2, 0.25) is 5.91 Å². The smallest absolute Gasteiger partial charge is 0.225 e. The molecule has 2 heterocycles. The van der Waals surface area contributed by atoms with Crippen molar-refractivity contribution in [1.29, 1.82) is 0 Å². The highest BCUT2D eigenvalue weighted by atomic mass is 16.2. The van der Waals surface area contributed by atoms with Gasteiger partial charge in [0, 0.05) is 45.2 Å². The van der Waals surface area contributed by atoms with Gasteiger partial charge < -0.3 is 15.1 Å². The first-order chi connectivity index (χ1) is 7.06. The van der Waals surface area contributed by atoms with Crippen LogP contribution in [-0.4, -0.2) is 62.0 Å². The van der Waals surface area contributed by atoms with E-state index in [-0.39, 0.29) is 5.92 Å². The van der Waals surface area contributed by atoms with E-state index in [4.69, 9.17) is 0 Å². The number of nitrogens with one attached hydrogen (secondary N) is 1. The monoisotopic (exact) mass is 211 g/mol. The Morgan fingerprint density at radius 3 is 2.27 bits per heavy atom. The molecule has 2 aliphatic heterocycles. The van der Waals surface area contributed by atoms with E-state index in [0.717, 1.165) is 25.9 Å². The van der Waals surface area contributed by atoms with Crippen molar-refractivity contribution in [1.82, 2.24) is 15.1 Å². The zero-order valence-corrected chi connectivity index (χ0v) is 9.86. The van der Waals surface area contributed by atoms with Crippen molar-refractivity contribution in [2.24, 2.45) is 5.92 Å². The van der Waals surface area contributed by atoms with Gasteiger partial charge >= 0.3 is 0 Å². The van der Waals surface area contributed by atoms with Gasteiger partial charge in [0.15, 0.2) is 0 Å². The average Bonchev–Trinajstić information content (AvgIpc) is 2.14. The van der Waals surface area contributed by atoms with Gasteiger partial charge in [-0.3, -0.25) is 4.79 Å². The minimum atomic E-state index is 0.241. The molecule has 2 rings (SSSR count). The number of carbonyl (C=O) groups is 1. The van der Waals surface area contributed by atoms with Crippen LogP contribution >= 0.6 is 0 Å². The Bertz CT molecular complexity index is 236. The molecular formula is C11H21N3O. The van der Waals surface area contributed by atoms with E-state index < -0.39 is 0 Å². The van der Waals surface area contributed by atoms with Crippen LogP contribution in [0.5, 0.6) is 0 Å². The Morgan fingerprint density at radius 1 is 1.27 bits per heavy atom. The van der Waals surface area contributed by atoms with Gasteiger partial charge in [-0.25, -0.2) is 0 Å². The first-order valence-electron chi connectivity index (χ1n) is 5.72. The maximum atomic E-state index is 11.9. The molecule has 2 bridgehead atoms. The number of amides is 1. The van der Waals surface area contributed by atoms with Crippen LogP contribution in [0.3, 0.4) is 0 Å². The highest BCUT2D eigenvalue weighted by Gasteiger charge is 2.36. The number of piperazine rings is 1. The SMILES string of the molecule is CN1CC2CC(C(=O)N(C)C)CC(C1)N2. The molecule has 0 aliphatic carbocycles. The molecule has 0 aromatic carbocycles. The third-order valence-corrected chi connectivity index (χ3v) is 3.46. The van der Waals surface area contributed by atoms with E-state index in [1.54, 1.807) is 4.90 Å². The van der Waals surface area contributed by atoms with Gasteiger partial charge in [0.25, 0.3) is 0 Å². The van der Waals surface area contributed by atoms with Crippen molar-refractivity contribution in [2.75, 3.05) is 34.2 Å². The highest BCUT2D eigenvalue weighted by Crippen LogP contribution is 2.25. The molecule has 15 heavy (non-hydrogen) atoms. The molecule has 0 radical (unpaired) electrons.